The number of hydrogen-bond acceptors (Lipinski definition) is 7. The van der Waals surface area contributed by atoms with Crippen LogP contribution in [0.5, 0.6) is 0 Å². The van der Waals surface area contributed by atoms with Crippen LogP contribution in [0.4, 0.5) is 11.4 Å². The number of rotatable bonds is 7. The molecule has 1 atom stereocenters. The Kier molecular flexibility index (Phi) is 6.18. The molecule has 1 aliphatic rings. The summed E-state index contributed by atoms with van der Waals surface area (Å²) in [4.78, 5) is 32.1. The summed E-state index contributed by atoms with van der Waals surface area (Å²) in [6.45, 7) is 2.64. The molecule has 1 fully saturated rings. The van der Waals surface area contributed by atoms with E-state index in [2.05, 4.69) is 0 Å². The van der Waals surface area contributed by atoms with E-state index in [-0.39, 0.29) is 18.3 Å². The molecule has 0 spiro atoms. The first kappa shape index (κ1) is 18.5. The zero-order valence-electron chi connectivity index (χ0n) is 13.7. The zero-order chi connectivity index (χ0) is 18.4. The zero-order valence-corrected chi connectivity index (χ0v) is 13.7. The van der Waals surface area contributed by atoms with Crippen LogP contribution in [-0.2, 0) is 9.47 Å². The monoisotopic (exact) mass is 350 g/mol. The largest absolute Gasteiger partial charge is 0.458 e. The minimum absolute atomic E-state index is 0.0200. The van der Waals surface area contributed by atoms with Gasteiger partial charge in [0.2, 0.25) is 0 Å². The molecule has 1 unspecified atom stereocenters. The number of non-ortho nitro benzene ring substituents is 2. The molecule has 0 bridgehead atoms. The van der Waals surface area contributed by atoms with Crippen molar-refractivity contribution in [1.82, 2.24) is 0 Å². The van der Waals surface area contributed by atoms with Gasteiger partial charge in [0.05, 0.1) is 27.6 Å². The molecule has 1 aromatic rings. The summed E-state index contributed by atoms with van der Waals surface area (Å²) in [6, 6.07) is 2.71. The minimum Gasteiger partial charge on any atom is -0.458 e. The number of nitro groups is 2. The Morgan fingerprint density at radius 3 is 2.44 bits per heavy atom. The summed E-state index contributed by atoms with van der Waals surface area (Å²) >= 11 is 0. The molecule has 0 amide bonds. The molecule has 0 radical (unpaired) electrons. The van der Waals surface area contributed by atoms with Crippen LogP contribution in [0, 0.1) is 20.2 Å². The Morgan fingerprint density at radius 1 is 1.28 bits per heavy atom. The third-order valence-corrected chi connectivity index (χ3v) is 3.78. The number of benzene rings is 1. The lowest BCUT2D eigenvalue weighted by Gasteiger charge is -2.09. The topological polar surface area (TPSA) is 122 Å². The Hall–Kier alpha value is -2.81. The van der Waals surface area contributed by atoms with Gasteiger partial charge in [0, 0.05) is 18.7 Å². The molecular formula is C16H18N2O7. The fourth-order valence-corrected chi connectivity index (χ4v) is 2.51. The molecule has 134 valence electrons. The summed E-state index contributed by atoms with van der Waals surface area (Å²) in [5.41, 5.74) is -0.298. The lowest BCUT2D eigenvalue weighted by atomic mass is 10.1. The van der Waals surface area contributed by atoms with Crippen molar-refractivity contribution in [2.24, 2.45) is 0 Å². The van der Waals surface area contributed by atoms with Crippen LogP contribution in [-0.4, -0.2) is 35.1 Å². The van der Waals surface area contributed by atoms with Crippen molar-refractivity contribution >= 4 is 17.3 Å². The van der Waals surface area contributed by atoms with Crippen molar-refractivity contribution in [3.05, 3.63) is 55.6 Å². The summed E-state index contributed by atoms with van der Waals surface area (Å²) in [5.74, 6) is -0.854. The Morgan fingerprint density at radius 2 is 1.92 bits per heavy atom. The maximum absolute atomic E-state index is 12.0. The van der Waals surface area contributed by atoms with Crippen molar-refractivity contribution < 1.29 is 24.1 Å². The van der Waals surface area contributed by atoms with Gasteiger partial charge in [0.1, 0.15) is 6.61 Å². The number of esters is 1. The van der Waals surface area contributed by atoms with Gasteiger partial charge in [-0.1, -0.05) is 5.57 Å². The van der Waals surface area contributed by atoms with Crippen LogP contribution in [0.1, 0.15) is 36.5 Å². The van der Waals surface area contributed by atoms with E-state index in [9.17, 15) is 25.0 Å². The van der Waals surface area contributed by atoms with E-state index in [0.717, 1.165) is 49.6 Å². The van der Waals surface area contributed by atoms with Gasteiger partial charge >= 0.3 is 5.97 Å². The number of hydrogen-bond donors (Lipinski definition) is 0. The van der Waals surface area contributed by atoms with E-state index in [0.29, 0.717) is 0 Å². The predicted molar refractivity (Wildman–Crippen MR) is 87.4 cm³/mol. The Labute approximate surface area is 143 Å². The molecule has 0 aliphatic carbocycles. The molecule has 9 nitrogen and oxygen atoms in total. The van der Waals surface area contributed by atoms with E-state index >= 15 is 0 Å². The molecule has 0 aromatic heterocycles. The summed E-state index contributed by atoms with van der Waals surface area (Å²) in [7, 11) is 0. The average Bonchev–Trinajstić information content (AvgIpc) is 3.07. The number of carbonyl (C=O) groups is 1. The molecule has 1 saturated heterocycles. The maximum Gasteiger partial charge on any atom is 0.338 e. The molecule has 0 N–H and O–H groups in total. The van der Waals surface area contributed by atoms with Gasteiger partial charge in [-0.05, 0) is 32.3 Å². The predicted octanol–water partition coefficient (Wildman–Crippen LogP) is 3.18. The average molecular weight is 350 g/mol. The third kappa shape index (κ3) is 5.35. The fourth-order valence-electron chi connectivity index (χ4n) is 2.51. The highest BCUT2D eigenvalue weighted by Crippen LogP contribution is 2.23. The van der Waals surface area contributed by atoms with Crippen LogP contribution >= 0.6 is 0 Å². The van der Waals surface area contributed by atoms with Gasteiger partial charge < -0.3 is 9.47 Å². The van der Waals surface area contributed by atoms with Crippen LogP contribution in [0.2, 0.25) is 0 Å². The quantitative estimate of drug-likeness (QED) is 0.320. The highest BCUT2D eigenvalue weighted by molar-refractivity contribution is 5.91. The molecule has 1 aliphatic heterocycles. The number of ether oxygens (including phenoxy) is 2. The molecule has 25 heavy (non-hydrogen) atoms. The normalized spacial score (nSPS) is 17.3. The second-order valence-electron chi connectivity index (χ2n) is 5.74. The first-order chi connectivity index (χ1) is 11.9. The van der Waals surface area contributed by atoms with E-state index in [1.807, 2.05) is 6.92 Å². The minimum atomic E-state index is -0.854. The van der Waals surface area contributed by atoms with E-state index in [4.69, 9.17) is 9.47 Å². The molecule has 0 saturated carbocycles. The Bertz CT molecular complexity index is 676. The number of carbonyl (C=O) groups excluding carboxylic acids is 1. The Balaban J connectivity index is 1.99. The van der Waals surface area contributed by atoms with Crippen LogP contribution in [0.3, 0.4) is 0 Å². The fraction of sp³-hybridized carbons (Fsp3) is 0.438. The highest BCUT2D eigenvalue weighted by atomic mass is 16.6. The summed E-state index contributed by atoms with van der Waals surface area (Å²) in [6.07, 6.45) is 4.71. The van der Waals surface area contributed by atoms with Gasteiger partial charge in [-0.25, -0.2) is 4.79 Å². The van der Waals surface area contributed by atoms with Crippen LogP contribution < -0.4 is 0 Å². The molecule has 9 heteroatoms. The molecule has 1 aromatic carbocycles. The molecule has 2 rings (SSSR count). The summed E-state index contributed by atoms with van der Waals surface area (Å²) in [5, 5.41) is 21.7. The van der Waals surface area contributed by atoms with Crippen molar-refractivity contribution in [3.8, 4) is 0 Å². The van der Waals surface area contributed by atoms with Crippen molar-refractivity contribution in [3.63, 3.8) is 0 Å². The highest BCUT2D eigenvalue weighted by Gasteiger charge is 2.20. The lowest BCUT2D eigenvalue weighted by molar-refractivity contribution is -0.394. The number of nitrogens with zero attached hydrogens (tertiary/aromatic N) is 2. The van der Waals surface area contributed by atoms with Crippen molar-refractivity contribution in [2.75, 3.05) is 13.2 Å². The lowest BCUT2D eigenvalue weighted by Crippen LogP contribution is -2.08. The van der Waals surface area contributed by atoms with E-state index in [1.165, 1.54) is 0 Å². The van der Waals surface area contributed by atoms with Crippen LogP contribution in [0.15, 0.2) is 29.8 Å². The second-order valence-corrected chi connectivity index (χ2v) is 5.74. The SMILES string of the molecule is C/C(=C/COC(=O)c1cc([N+](=O)[O-])cc([N+](=O)[O-])c1)CC1CCCO1. The first-order valence-corrected chi connectivity index (χ1v) is 7.75. The van der Waals surface area contributed by atoms with Crippen LogP contribution in [0.25, 0.3) is 0 Å². The van der Waals surface area contributed by atoms with Gasteiger partial charge in [-0.2, -0.15) is 0 Å². The van der Waals surface area contributed by atoms with E-state index in [1.54, 1.807) is 6.08 Å². The van der Waals surface area contributed by atoms with Gasteiger partial charge in [-0.3, -0.25) is 20.2 Å². The van der Waals surface area contributed by atoms with E-state index < -0.39 is 27.2 Å². The van der Waals surface area contributed by atoms with Gasteiger partial charge in [0.15, 0.2) is 0 Å². The smallest absolute Gasteiger partial charge is 0.338 e. The van der Waals surface area contributed by atoms with Gasteiger partial charge in [-0.15, -0.1) is 0 Å². The van der Waals surface area contributed by atoms with Crippen molar-refractivity contribution in [1.29, 1.82) is 0 Å². The summed E-state index contributed by atoms with van der Waals surface area (Å²) < 4.78 is 10.5. The molecule has 1 heterocycles. The number of nitro benzene ring substituents is 2. The first-order valence-electron chi connectivity index (χ1n) is 7.75. The third-order valence-electron chi connectivity index (χ3n) is 3.78. The molecular weight excluding hydrogens is 332 g/mol. The van der Waals surface area contributed by atoms with Crippen molar-refractivity contribution in [2.45, 2.75) is 32.3 Å². The standard InChI is InChI=1S/C16H18N2O7/c1-11(7-15-3-2-5-24-15)4-6-25-16(19)12-8-13(17(20)21)10-14(9-12)18(22)23/h4,8-10,15H,2-3,5-7H2,1H3/b11-4-. The second kappa shape index (κ2) is 8.34. The van der Waals surface area contributed by atoms with Gasteiger partial charge in [0.25, 0.3) is 11.4 Å². The maximum atomic E-state index is 12.0.